The first kappa shape index (κ1) is 12.9. The number of rotatable bonds is 4. The SMILES string of the molecule is O=COC(c1ccccc1)[C@H]1Cc2ccc(F)cc2C1. The molecule has 0 aliphatic heterocycles. The van der Waals surface area contributed by atoms with Crippen LogP contribution >= 0.6 is 0 Å². The third-order valence-corrected chi connectivity index (χ3v) is 3.89. The molecule has 0 saturated carbocycles. The van der Waals surface area contributed by atoms with Crippen molar-refractivity contribution in [2.24, 2.45) is 5.92 Å². The van der Waals surface area contributed by atoms with E-state index in [1.807, 2.05) is 36.4 Å². The molecule has 2 aromatic rings. The van der Waals surface area contributed by atoms with Crippen molar-refractivity contribution < 1.29 is 13.9 Å². The van der Waals surface area contributed by atoms with Gasteiger partial charge >= 0.3 is 0 Å². The van der Waals surface area contributed by atoms with E-state index in [4.69, 9.17) is 4.74 Å². The van der Waals surface area contributed by atoms with Crippen molar-refractivity contribution in [1.29, 1.82) is 0 Å². The fraction of sp³-hybridized carbons (Fsp3) is 0.235. The monoisotopic (exact) mass is 270 g/mol. The number of carbonyl (C=O) groups excluding carboxylic acids is 1. The normalized spacial score (nSPS) is 18.4. The van der Waals surface area contributed by atoms with Crippen molar-refractivity contribution >= 4 is 6.47 Å². The summed E-state index contributed by atoms with van der Waals surface area (Å²) in [5, 5.41) is 0. The van der Waals surface area contributed by atoms with Gasteiger partial charge < -0.3 is 4.74 Å². The Morgan fingerprint density at radius 3 is 2.60 bits per heavy atom. The Labute approximate surface area is 117 Å². The maximum Gasteiger partial charge on any atom is 0.293 e. The number of halogens is 1. The Hall–Kier alpha value is -2.16. The minimum atomic E-state index is -0.274. The van der Waals surface area contributed by atoms with E-state index >= 15 is 0 Å². The third kappa shape index (κ3) is 2.44. The first-order valence-corrected chi connectivity index (χ1v) is 6.69. The highest BCUT2D eigenvalue weighted by atomic mass is 19.1. The molecule has 2 atom stereocenters. The summed E-state index contributed by atoms with van der Waals surface area (Å²) in [5.74, 6) is -0.0450. The number of ether oxygens (including phenoxy) is 1. The molecule has 0 amide bonds. The van der Waals surface area contributed by atoms with Gasteiger partial charge in [-0.1, -0.05) is 36.4 Å². The van der Waals surface area contributed by atoms with E-state index in [1.165, 1.54) is 6.07 Å². The lowest BCUT2D eigenvalue weighted by Crippen LogP contribution is -2.16. The van der Waals surface area contributed by atoms with Gasteiger partial charge in [-0.05, 0) is 41.7 Å². The lowest BCUT2D eigenvalue weighted by molar-refractivity contribution is -0.136. The maximum atomic E-state index is 13.3. The zero-order chi connectivity index (χ0) is 13.9. The van der Waals surface area contributed by atoms with E-state index in [0.29, 0.717) is 6.47 Å². The Bertz CT molecular complexity index is 610. The van der Waals surface area contributed by atoms with Crippen LogP contribution in [0.2, 0.25) is 0 Å². The van der Waals surface area contributed by atoms with Crippen LogP contribution in [0.5, 0.6) is 0 Å². The number of carbonyl (C=O) groups is 1. The number of hydrogen-bond donors (Lipinski definition) is 0. The topological polar surface area (TPSA) is 26.3 Å². The highest BCUT2D eigenvalue weighted by Crippen LogP contribution is 2.37. The largest absolute Gasteiger partial charge is 0.459 e. The second-order valence-corrected chi connectivity index (χ2v) is 5.14. The zero-order valence-corrected chi connectivity index (χ0v) is 11.0. The molecule has 0 N–H and O–H groups in total. The van der Waals surface area contributed by atoms with Gasteiger partial charge in [0, 0.05) is 5.92 Å². The molecular weight excluding hydrogens is 255 g/mol. The van der Waals surface area contributed by atoms with Crippen molar-refractivity contribution in [2.75, 3.05) is 0 Å². The Balaban J connectivity index is 1.86. The van der Waals surface area contributed by atoms with Gasteiger partial charge in [-0.3, -0.25) is 4.79 Å². The first-order valence-electron chi connectivity index (χ1n) is 6.69. The fourth-order valence-corrected chi connectivity index (χ4v) is 3.00. The second-order valence-electron chi connectivity index (χ2n) is 5.14. The minimum Gasteiger partial charge on any atom is -0.459 e. The van der Waals surface area contributed by atoms with Gasteiger partial charge in [0.05, 0.1) is 0 Å². The van der Waals surface area contributed by atoms with Crippen LogP contribution in [0.25, 0.3) is 0 Å². The molecule has 2 aromatic carbocycles. The molecule has 0 fully saturated rings. The van der Waals surface area contributed by atoms with Crippen LogP contribution in [0, 0.1) is 11.7 Å². The molecule has 2 nitrogen and oxygen atoms in total. The second kappa shape index (κ2) is 5.45. The Morgan fingerprint density at radius 1 is 1.10 bits per heavy atom. The van der Waals surface area contributed by atoms with E-state index in [-0.39, 0.29) is 17.8 Å². The molecule has 20 heavy (non-hydrogen) atoms. The van der Waals surface area contributed by atoms with E-state index in [2.05, 4.69) is 0 Å². The summed E-state index contributed by atoms with van der Waals surface area (Å²) >= 11 is 0. The van der Waals surface area contributed by atoms with Crippen LogP contribution in [0.4, 0.5) is 4.39 Å². The van der Waals surface area contributed by atoms with Crippen LogP contribution < -0.4 is 0 Å². The van der Waals surface area contributed by atoms with E-state index < -0.39 is 0 Å². The molecule has 0 bridgehead atoms. The summed E-state index contributed by atoms with van der Waals surface area (Å²) < 4.78 is 18.6. The molecule has 102 valence electrons. The van der Waals surface area contributed by atoms with E-state index in [1.54, 1.807) is 6.07 Å². The smallest absolute Gasteiger partial charge is 0.293 e. The summed E-state index contributed by atoms with van der Waals surface area (Å²) in [7, 11) is 0. The van der Waals surface area contributed by atoms with Crippen LogP contribution in [-0.4, -0.2) is 6.47 Å². The lowest BCUT2D eigenvalue weighted by Gasteiger charge is -2.22. The molecule has 1 unspecified atom stereocenters. The third-order valence-electron chi connectivity index (χ3n) is 3.89. The van der Waals surface area contributed by atoms with Crippen molar-refractivity contribution in [1.82, 2.24) is 0 Å². The highest BCUT2D eigenvalue weighted by molar-refractivity contribution is 5.40. The van der Waals surface area contributed by atoms with Gasteiger partial charge in [-0.15, -0.1) is 0 Å². The Morgan fingerprint density at radius 2 is 1.85 bits per heavy atom. The van der Waals surface area contributed by atoms with Crippen LogP contribution in [-0.2, 0) is 22.4 Å². The average molecular weight is 270 g/mol. The van der Waals surface area contributed by atoms with Gasteiger partial charge in [0.2, 0.25) is 0 Å². The fourth-order valence-electron chi connectivity index (χ4n) is 3.00. The maximum absolute atomic E-state index is 13.3. The number of fused-ring (bicyclic) bond motifs is 1. The molecular formula is C17H15FO2. The average Bonchev–Trinajstić information content (AvgIpc) is 2.88. The van der Waals surface area contributed by atoms with E-state index in [9.17, 15) is 9.18 Å². The van der Waals surface area contributed by atoms with Crippen LogP contribution in [0.15, 0.2) is 48.5 Å². The first-order chi connectivity index (χ1) is 9.78. The molecule has 0 radical (unpaired) electrons. The molecule has 0 spiro atoms. The van der Waals surface area contributed by atoms with E-state index in [0.717, 1.165) is 29.5 Å². The van der Waals surface area contributed by atoms with Gasteiger partial charge in [-0.2, -0.15) is 0 Å². The summed E-state index contributed by atoms with van der Waals surface area (Å²) in [6, 6.07) is 14.6. The summed E-state index contributed by atoms with van der Waals surface area (Å²) in [5.41, 5.74) is 3.15. The highest BCUT2D eigenvalue weighted by Gasteiger charge is 2.31. The summed E-state index contributed by atoms with van der Waals surface area (Å²) in [6.07, 6.45) is 1.27. The van der Waals surface area contributed by atoms with Crippen LogP contribution in [0.1, 0.15) is 22.8 Å². The summed E-state index contributed by atoms with van der Waals surface area (Å²) in [4.78, 5) is 10.8. The Kier molecular flexibility index (Phi) is 3.50. The van der Waals surface area contributed by atoms with Crippen molar-refractivity contribution in [3.8, 4) is 0 Å². The molecule has 0 aromatic heterocycles. The standard InChI is InChI=1S/C17H15FO2/c18-16-7-6-13-8-15(9-14(13)10-16)17(20-11-19)12-4-2-1-3-5-12/h1-7,10-11,15,17H,8-9H2/t15-,17?/m0/s1. The quantitative estimate of drug-likeness (QED) is 0.795. The minimum absolute atomic E-state index is 0.166. The molecule has 1 aliphatic rings. The summed E-state index contributed by atoms with van der Waals surface area (Å²) in [6.45, 7) is 0.501. The molecule has 1 aliphatic carbocycles. The van der Waals surface area contributed by atoms with Crippen LogP contribution in [0.3, 0.4) is 0 Å². The molecule has 3 rings (SSSR count). The number of hydrogen-bond acceptors (Lipinski definition) is 2. The van der Waals surface area contributed by atoms with Gasteiger partial charge in [0.1, 0.15) is 11.9 Å². The van der Waals surface area contributed by atoms with Crippen molar-refractivity contribution in [2.45, 2.75) is 18.9 Å². The van der Waals surface area contributed by atoms with Gasteiger partial charge in [0.25, 0.3) is 6.47 Å². The van der Waals surface area contributed by atoms with Gasteiger partial charge in [0.15, 0.2) is 0 Å². The molecule has 0 heterocycles. The van der Waals surface area contributed by atoms with Gasteiger partial charge in [-0.25, -0.2) is 4.39 Å². The van der Waals surface area contributed by atoms with Crippen molar-refractivity contribution in [3.05, 3.63) is 71.0 Å². The zero-order valence-electron chi connectivity index (χ0n) is 11.0. The molecule has 0 saturated heterocycles. The predicted molar refractivity (Wildman–Crippen MR) is 73.6 cm³/mol. The predicted octanol–water partition coefficient (Wildman–Crippen LogP) is 3.45. The molecule has 3 heteroatoms. The van der Waals surface area contributed by atoms with Crippen molar-refractivity contribution in [3.63, 3.8) is 0 Å². The lowest BCUT2D eigenvalue weighted by atomic mass is 9.93. The number of benzene rings is 2.